The zero-order valence-corrected chi connectivity index (χ0v) is 25.2. The lowest BCUT2D eigenvalue weighted by Gasteiger charge is -2.32. The van der Waals surface area contributed by atoms with E-state index in [-0.39, 0.29) is 24.2 Å². The van der Waals surface area contributed by atoms with E-state index in [4.69, 9.17) is 4.74 Å². The van der Waals surface area contributed by atoms with Crippen LogP contribution in [-0.2, 0) is 27.0 Å². The van der Waals surface area contributed by atoms with Crippen LogP contribution in [0.3, 0.4) is 0 Å². The molecule has 2 amide bonds. The van der Waals surface area contributed by atoms with Crippen LogP contribution in [0.2, 0.25) is 0 Å². The first-order valence-electron chi connectivity index (χ1n) is 14.5. The number of nitrogens with zero attached hydrogens (tertiary/aromatic N) is 6. The van der Waals surface area contributed by atoms with Crippen molar-refractivity contribution in [3.8, 4) is 11.4 Å². The van der Waals surface area contributed by atoms with Gasteiger partial charge in [-0.2, -0.15) is 18.0 Å². The number of aryl methyl sites for hydroxylation is 1. The minimum absolute atomic E-state index is 0.109. The Morgan fingerprint density at radius 2 is 1.78 bits per heavy atom. The predicted octanol–water partition coefficient (Wildman–Crippen LogP) is 4.80. The lowest BCUT2D eigenvalue weighted by Crippen LogP contribution is -2.46. The number of aromatic nitrogens is 4. The van der Waals surface area contributed by atoms with Crippen molar-refractivity contribution >= 4 is 23.2 Å². The minimum Gasteiger partial charge on any atom is -0.378 e. The van der Waals surface area contributed by atoms with Crippen LogP contribution >= 0.6 is 0 Å². The fourth-order valence-corrected chi connectivity index (χ4v) is 5.08. The molecule has 0 aliphatic carbocycles. The molecule has 0 radical (unpaired) electrons. The van der Waals surface area contributed by atoms with E-state index in [0.29, 0.717) is 17.7 Å². The lowest BCUT2D eigenvalue weighted by atomic mass is 10.0. The fourth-order valence-electron chi connectivity index (χ4n) is 5.08. The van der Waals surface area contributed by atoms with Gasteiger partial charge in [-0.1, -0.05) is 48.0 Å². The summed E-state index contributed by atoms with van der Waals surface area (Å²) in [5.41, 5.74) is 1.90. The van der Waals surface area contributed by atoms with Crippen molar-refractivity contribution in [2.24, 2.45) is 0 Å². The van der Waals surface area contributed by atoms with Crippen LogP contribution in [0.4, 0.5) is 24.5 Å². The smallest absolute Gasteiger partial charge is 0.378 e. The normalized spacial score (nSPS) is 15.5. The van der Waals surface area contributed by atoms with Crippen molar-refractivity contribution in [2.75, 3.05) is 37.0 Å². The van der Waals surface area contributed by atoms with Crippen molar-refractivity contribution in [1.29, 1.82) is 0 Å². The Kier molecular flexibility index (Phi) is 9.47. The molecule has 0 saturated carbocycles. The highest BCUT2D eigenvalue weighted by Crippen LogP contribution is 2.35. The van der Waals surface area contributed by atoms with E-state index in [0.717, 1.165) is 45.9 Å². The molecule has 1 N–H and O–H groups in total. The standard InChI is InChI=1S/C32H34F3N7O3/c1-21-9-11-23(12-10-21)30-37-39-41(38-30)20-28(43)42(26-7-4-6-24(18-26)32(33,34)35)29(22-13-15-25(16-14-22)40(2)3)31(44)36-19-27-8-5-17-45-27/h4,6-7,9-16,18,27,29H,5,8,17,19-20H2,1-3H3,(H,36,44)/t27-,29+/m1/s1. The van der Waals surface area contributed by atoms with Crippen molar-refractivity contribution in [1.82, 2.24) is 25.5 Å². The number of carbonyl (C=O) groups is 2. The topological polar surface area (TPSA) is 105 Å². The van der Waals surface area contributed by atoms with E-state index in [1.54, 1.807) is 24.3 Å². The molecule has 5 rings (SSSR count). The number of ether oxygens (including phenoxy) is 1. The van der Waals surface area contributed by atoms with Gasteiger partial charge in [0.25, 0.3) is 5.91 Å². The molecule has 1 fully saturated rings. The molecule has 3 aromatic carbocycles. The number of hydrogen-bond acceptors (Lipinski definition) is 7. The molecule has 2 heterocycles. The third-order valence-electron chi connectivity index (χ3n) is 7.52. The molecule has 0 bridgehead atoms. The van der Waals surface area contributed by atoms with Crippen LogP contribution in [0.25, 0.3) is 11.4 Å². The number of hydrogen-bond donors (Lipinski definition) is 1. The van der Waals surface area contributed by atoms with Crippen LogP contribution in [0.5, 0.6) is 0 Å². The Morgan fingerprint density at radius 3 is 2.42 bits per heavy atom. The molecule has 1 aromatic heterocycles. The number of carbonyl (C=O) groups excluding carboxylic acids is 2. The SMILES string of the molecule is Cc1ccc(-c2nnn(CC(=O)N(c3cccc(C(F)(F)F)c3)[C@H](C(=O)NC[C@H]3CCCO3)c3ccc(N(C)C)cc3)n2)cc1. The third-order valence-corrected chi connectivity index (χ3v) is 7.52. The Morgan fingerprint density at radius 1 is 1.04 bits per heavy atom. The summed E-state index contributed by atoms with van der Waals surface area (Å²) in [6, 6.07) is 17.4. The number of halogens is 3. The van der Waals surface area contributed by atoms with Gasteiger partial charge in [-0.05, 0) is 60.9 Å². The number of amides is 2. The maximum atomic E-state index is 14.1. The molecule has 45 heavy (non-hydrogen) atoms. The highest BCUT2D eigenvalue weighted by Gasteiger charge is 2.36. The summed E-state index contributed by atoms with van der Waals surface area (Å²) >= 11 is 0. The summed E-state index contributed by atoms with van der Waals surface area (Å²) in [6.45, 7) is 2.23. The van der Waals surface area contributed by atoms with Gasteiger partial charge in [-0.3, -0.25) is 14.5 Å². The van der Waals surface area contributed by atoms with E-state index < -0.39 is 36.1 Å². The van der Waals surface area contributed by atoms with E-state index in [1.807, 2.05) is 50.2 Å². The molecule has 10 nitrogen and oxygen atoms in total. The summed E-state index contributed by atoms with van der Waals surface area (Å²) < 4.78 is 47.1. The molecule has 2 atom stereocenters. The number of nitrogens with one attached hydrogen (secondary N) is 1. The molecule has 13 heteroatoms. The summed E-state index contributed by atoms with van der Waals surface area (Å²) in [4.78, 5) is 32.1. The maximum absolute atomic E-state index is 14.1. The number of benzene rings is 3. The van der Waals surface area contributed by atoms with Gasteiger partial charge >= 0.3 is 6.18 Å². The summed E-state index contributed by atoms with van der Waals surface area (Å²) in [5, 5.41) is 15.2. The van der Waals surface area contributed by atoms with Crippen LogP contribution in [0.15, 0.2) is 72.8 Å². The second kappa shape index (κ2) is 13.5. The monoisotopic (exact) mass is 621 g/mol. The highest BCUT2D eigenvalue weighted by molar-refractivity contribution is 6.01. The molecule has 1 aliphatic heterocycles. The predicted molar refractivity (Wildman–Crippen MR) is 162 cm³/mol. The fraction of sp³-hybridized carbons (Fsp3) is 0.344. The first-order chi connectivity index (χ1) is 21.5. The van der Waals surface area contributed by atoms with E-state index in [2.05, 4.69) is 20.7 Å². The second-order valence-corrected chi connectivity index (χ2v) is 11.1. The summed E-state index contributed by atoms with van der Waals surface area (Å²) in [6.07, 6.45) is -3.24. The van der Waals surface area contributed by atoms with Gasteiger partial charge in [0.2, 0.25) is 11.7 Å². The van der Waals surface area contributed by atoms with E-state index in [1.165, 1.54) is 12.1 Å². The summed E-state index contributed by atoms with van der Waals surface area (Å²) in [5.74, 6) is -1.00. The minimum atomic E-state index is -4.67. The number of anilines is 2. The molecule has 0 spiro atoms. The van der Waals surface area contributed by atoms with E-state index in [9.17, 15) is 22.8 Å². The van der Waals surface area contributed by atoms with Crippen LogP contribution in [-0.4, -0.2) is 65.4 Å². The number of rotatable bonds is 10. The first kappa shape index (κ1) is 31.6. The van der Waals surface area contributed by atoms with Crippen LogP contribution in [0.1, 0.15) is 35.6 Å². The number of alkyl halides is 3. The summed E-state index contributed by atoms with van der Waals surface area (Å²) in [7, 11) is 3.71. The largest absolute Gasteiger partial charge is 0.416 e. The first-order valence-corrected chi connectivity index (χ1v) is 14.5. The molecule has 236 valence electrons. The van der Waals surface area contributed by atoms with Crippen LogP contribution in [0, 0.1) is 6.92 Å². The van der Waals surface area contributed by atoms with Gasteiger partial charge < -0.3 is 15.0 Å². The number of tetrazole rings is 1. The highest BCUT2D eigenvalue weighted by atomic mass is 19.4. The molecule has 4 aromatic rings. The molecule has 1 saturated heterocycles. The molecule has 1 aliphatic rings. The van der Waals surface area contributed by atoms with Gasteiger partial charge in [-0.25, -0.2) is 0 Å². The van der Waals surface area contributed by atoms with Crippen molar-refractivity contribution in [3.05, 3.63) is 89.5 Å². The van der Waals surface area contributed by atoms with Crippen molar-refractivity contribution in [3.63, 3.8) is 0 Å². The molecule has 0 unspecified atom stereocenters. The van der Waals surface area contributed by atoms with Crippen LogP contribution < -0.4 is 15.1 Å². The van der Waals surface area contributed by atoms with Gasteiger partial charge in [0.1, 0.15) is 12.6 Å². The quantitative estimate of drug-likeness (QED) is 0.271. The Hall–Kier alpha value is -4.78. The third kappa shape index (κ3) is 7.66. The average molecular weight is 622 g/mol. The van der Waals surface area contributed by atoms with Gasteiger partial charge in [0.05, 0.1) is 11.7 Å². The van der Waals surface area contributed by atoms with Gasteiger partial charge in [0.15, 0.2) is 0 Å². The Balaban J connectivity index is 1.54. The molecular formula is C32H34F3N7O3. The maximum Gasteiger partial charge on any atom is 0.416 e. The Labute approximate surface area is 258 Å². The zero-order valence-electron chi connectivity index (χ0n) is 25.2. The van der Waals surface area contributed by atoms with Crippen molar-refractivity contribution in [2.45, 2.75) is 44.6 Å². The lowest BCUT2D eigenvalue weighted by molar-refractivity contribution is -0.137. The average Bonchev–Trinajstić information content (AvgIpc) is 3.71. The van der Waals surface area contributed by atoms with Gasteiger partial charge in [0, 0.05) is 44.2 Å². The van der Waals surface area contributed by atoms with Crippen molar-refractivity contribution < 1.29 is 27.5 Å². The molecular weight excluding hydrogens is 587 g/mol. The Bertz CT molecular complexity index is 1620. The second-order valence-electron chi connectivity index (χ2n) is 11.1. The zero-order chi connectivity index (χ0) is 32.1. The van der Waals surface area contributed by atoms with E-state index >= 15 is 0 Å². The van der Waals surface area contributed by atoms with Gasteiger partial charge in [-0.15, -0.1) is 10.2 Å².